The smallest absolute Gasteiger partial charge is 0.326 e. The number of ether oxygens (including phenoxy) is 1. The molecular formula is C24H30N4O5S. The van der Waals surface area contributed by atoms with Crippen LogP contribution in [0, 0.1) is 0 Å². The lowest BCUT2D eigenvalue weighted by molar-refractivity contribution is -0.154. The number of urea groups is 1. The fourth-order valence-electron chi connectivity index (χ4n) is 3.76. The Kier molecular flexibility index (Phi) is 8.80. The van der Waals surface area contributed by atoms with Gasteiger partial charge < -0.3 is 21.3 Å². The molecule has 1 heterocycles. The molecule has 7 N–H and O–H groups in total. The second kappa shape index (κ2) is 11.8. The van der Waals surface area contributed by atoms with E-state index in [0.717, 1.165) is 41.7 Å². The van der Waals surface area contributed by atoms with E-state index in [9.17, 15) is 19.5 Å². The van der Waals surface area contributed by atoms with E-state index >= 15 is 0 Å². The van der Waals surface area contributed by atoms with Crippen molar-refractivity contribution in [2.24, 2.45) is 11.5 Å². The fourth-order valence-corrected chi connectivity index (χ4v) is 4.84. The number of amides is 3. The Morgan fingerprint density at radius 1 is 1.21 bits per heavy atom. The van der Waals surface area contributed by atoms with Crippen molar-refractivity contribution < 1.29 is 24.2 Å². The third kappa shape index (κ3) is 6.89. The zero-order valence-electron chi connectivity index (χ0n) is 19.0. The summed E-state index contributed by atoms with van der Waals surface area (Å²) in [5.74, 6) is -1.07. The van der Waals surface area contributed by atoms with Gasteiger partial charge in [-0.1, -0.05) is 36.4 Å². The van der Waals surface area contributed by atoms with Crippen molar-refractivity contribution >= 4 is 40.3 Å². The van der Waals surface area contributed by atoms with Gasteiger partial charge in [-0.15, -0.1) is 11.3 Å². The van der Waals surface area contributed by atoms with Crippen molar-refractivity contribution in [1.29, 1.82) is 0 Å². The predicted molar refractivity (Wildman–Crippen MR) is 132 cm³/mol. The summed E-state index contributed by atoms with van der Waals surface area (Å²) in [7, 11) is 0. The molecule has 1 aliphatic rings. The molecule has 10 heteroatoms. The van der Waals surface area contributed by atoms with E-state index in [1.807, 2.05) is 36.4 Å². The molecule has 182 valence electrons. The zero-order valence-corrected chi connectivity index (χ0v) is 19.8. The summed E-state index contributed by atoms with van der Waals surface area (Å²) >= 11 is 1.21. The molecule has 3 rings (SSSR count). The van der Waals surface area contributed by atoms with Crippen LogP contribution in [-0.4, -0.2) is 47.8 Å². The second-order valence-electron chi connectivity index (χ2n) is 8.20. The van der Waals surface area contributed by atoms with Gasteiger partial charge in [-0.2, -0.15) is 0 Å². The minimum atomic E-state index is -0.869. The molecule has 0 unspecified atom stereocenters. The molecule has 34 heavy (non-hydrogen) atoms. The normalized spacial score (nSPS) is 15.8. The van der Waals surface area contributed by atoms with E-state index in [2.05, 4.69) is 10.6 Å². The second-order valence-corrected chi connectivity index (χ2v) is 9.25. The third-order valence-corrected chi connectivity index (χ3v) is 6.62. The van der Waals surface area contributed by atoms with Gasteiger partial charge in [-0.05, 0) is 49.8 Å². The highest BCUT2D eigenvalue weighted by Gasteiger charge is 2.28. The number of aliphatic hydroxyl groups is 1. The van der Waals surface area contributed by atoms with E-state index < -0.39 is 30.1 Å². The van der Waals surface area contributed by atoms with Crippen LogP contribution in [0.25, 0.3) is 16.5 Å². The molecule has 2 aromatic rings. The Morgan fingerprint density at radius 2 is 1.88 bits per heavy atom. The highest BCUT2D eigenvalue weighted by atomic mass is 32.1. The quantitative estimate of drug-likeness (QED) is 0.325. The van der Waals surface area contributed by atoms with Crippen molar-refractivity contribution in [3.8, 4) is 10.4 Å². The number of nitrogens with two attached hydrogens (primary N) is 2. The molecule has 0 bridgehead atoms. The molecule has 1 aliphatic carbocycles. The van der Waals surface area contributed by atoms with Crippen molar-refractivity contribution in [2.45, 2.75) is 50.9 Å². The minimum absolute atomic E-state index is 0.0466. The number of carbonyl (C=O) groups excluding carboxylic acids is 3. The molecule has 0 saturated heterocycles. The van der Waals surface area contributed by atoms with Crippen LogP contribution >= 0.6 is 11.3 Å². The van der Waals surface area contributed by atoms with Crippen LogP contribution in [0.5, 0.6) is 0 Å². The first kappa shape index (κ1) is 25.4. The Hall–Kier alpha value is -3.21. The molecule has 1 aromatic heterocycles. The molecule has 1 fully saturated rings. The first-order chi connectivity index (χ1) is 16.2. The fraction of sp³-hybridized carbons (Fsp3) is 0.375. The van der Waals surface area contributed by atoms with Gasteiger partial charge in [0.25, 0.3) is 5.91 Å². The van der Waals surface area contributed by atoms with Gasteiger partial charge in [0, 0.05) is 11.4 Å². The molecule has 0 spiro atoms. The van der Waals surface area contributed by atoms with E-state index in [1.54, 1.807) is 13.0 Å². The summed E-state index contributed by atoms with van der Waals surface area (Å²) < 4.78 is 5.51. The summed E-state index contributed by atoms with van der Waals surface area (Å²) in [6, 6.07) is 7.64. The first-order valence-electron chi connectivity index (χ1n) is 11.1. The summed E-state index contributed by atoms with van der Waals surface area (Å²) in [6.45, 7) is 1.95. The number of rotatable bonds is 10. The standard InChI is InChI=1S/C24H30N4O5S/c1-14(29)20(23(31)33-17-6-2-3-7-17)27-12-4-5-15-8-10-16(11-9-15)19-13-18(21(25)30)22(34-19)28-24(26)32/h4-5,8-11,13-14,17,20,27,29H,2-3,6-7,12H2,1H3,(H2,25,30)(H3,26,28,32)/t14-,20+/m1/s1. The van der Waals surface area contributed by atoms with Gasteiger partial charge in [-0.25, -0.2) is 4.79 Å². The molecule has 1 aromatic carbocycles. The van der Waals surface area contributed by atoms with Crippen LogP contribution in [-0.2, 0) is 9.53 Å². The number of thiophene rings is 1. The average molecular weight is 487 g/mol. The molecule has 3 amide bonds. The zero-order chi connectivity index (χ0) is 24.7. The third-order valence-electron chi connectivity index (χ3n) is 5.52. The topological polar surface area (TPSA) is 157 Å². The van der Waals surface area contributed by atoms with Gasteiger partial charge in [-0.3, -0.25) is 20.2 Å². The first-order valence-corrected chi connectivity index (χ1v) is 11.9. The van der Waals surface area contributed by atoms with Crippen molar-refractivity contribution in [1.82, 2.24) is 5.32 Å². The summed E-state index contributed by atoms with van der Waals surface area (Å²) in [4.78, 5) is 35.9. The molecular weight excluding hydrogens is 456 g/mol. The maximum Gasteiger partial charge on any atom is 0.326 e. The van der Waals surface area contributed by atoms with Gasteiger partial charge >= 0.3 is 12.0 Å². The summed E-state index contributed by atoms with van der Waals surface area (Å²) in [5, 5.41) is 15.7. The van der Waals surface area contributed by atoms with Crippen molar-refractivity contribution in [2.75, 3.05) is 11.9 Å². The van der Waals surface area contributed by atoms with Crippen LogP contribution in [0.1, 0.15) is 48.5 Å². The number of primary amides is 2. The number of nitrogens with one attached hydrogen (secondary N) is 2. The number of esters is 1. The molecule has 2 atom stereocenters. The Morgan fingerprint density at radius 3 is 2.47 bits per heavy atom. The summed E-state index contributed by atoms with van der Waals surface area (Å²) in [5.41, 5.74) is 12.5. The monoisotopic (exact) mass is 486 g/mol. The number of hydrogen-bond donors (Lipinski definition) is 5. The van der Waals surface area contributed by atoms with Crippen LogP contribution in [0.15, 0.2) is 36.4 Å². The Labute approximate surface area is 202 Å². The molecule has 0 radical (unpaired) electrons. The van der Waals surface area contributed by atoms with Crippen LogP contribution in [0.2, 0.25) is 0 Å². The van der Waals surface area contributed by atoms with E-state index in [1.165, 1.54) is 11.3 Å². The largest absolute Gasteiger partial charge is 0.461 e. The maximum absolute atomic E-state index is 12.4. The average Bonchev–Trinajstić information content (AvgIpc) is 3.43. The summed E-state index contributed by atoms with van der Waals surface area (Å²) in [6.07, 6.45) is 6.73. The lowest BCUT2D eigenvalue weighted by atomic mass is 10.1. The van der Waals surface area contributed by atoms with E-state index in [-0.39, 0.29) is 11.7 Å². The van der Waals surface area contributed by atoms with Crippen LogP contribution < -0.4 is 22.1 Å². The van der Waals surface area contributed by atoms with Crippen LogP contribution in [0.4, 0.5) is 9.80 Å². The Balaban J connectivity index is 1.58. The van der Waals surface area contributed by atoms with Crippen molar-refractivity contribution in [3.63, 3.8) is 0 Å². The predicted octanol–water partition coefficient (Wildman–Crippen LogP) is 2.84. The highest BCUT2D eigenvalue weighted by molar-refractivity contribution is 7.20. The van der Waals surface area contributed by atoms with Gasteiger partial charge in [0.15, 0.2) is 0 Å². The van der Waals surface area contributed by atoms with Gasteiger partial charge in [0.05, 0.1) is 11.7 Å². The molecule has 0 aliphatic heterocycles. The lowest BCUT2D eigenvalue weighted by Gasteiger charge is -2.21. The SMILES string of the molecule is C[C@@H](O)[C@H](NCC=Cc1ccc(-c2cc(C(N)=O)c(NC(N)=O)s2)cc1)C(=O)OC1CCCC1. The number of carbonyl (C=O) groups is 3. The van der Waals surface area contributed by atoms with Crippen molar-refractivity contribution in [3.05, 3.63) is 47.5 Å². The lowest BCUT2D eigenvalue weighted by Crippen LogP contribution is -2.46. The van der Waals surface area contributed by atoms with E-state index in [4.69, 9.17) is 16.2 Å². The number of anilines is 1. The maximum atomic E-state index is 12.4. The number of benzene rings is 1. The van der Waals surface area contributed by atoms with Gasteiger partial charge in [0.2, 0.25) is 0 Å². The Bertz CT molecular complexity index is 1040. The molecule has 9 nitrogen and oxygen atoms in total. The van der Waals surface area contributed by atoms with Gasteiger partial charge in [0.1, 0.15) is 17.1 Å². The number of hydrogen-bond acceptors (Lipinski definition) is 7. The highest BCUT2D eigenvalue weighted by Crippen LogP contribution is 2.35. The minimum Gasteiger partial charge on any atom is -0.461 e. The molecule has 1 saturated carbocycles. The van der Waals surface area contributed by atoms with E-state index in [0.29, 0.717) is 11.5 Å². The van der Waals surface area contributed by atoms with Crippen LogP contribution in [0.3, 0.4) is 0 Å². The number of aliphatic hydroxyl groups excluding tert-OH is 1.